The van der Waals surface area contributed by atoms with E-state index in [2.05, 4.69) is 48.5 Å². The fourth-order valence-corrected chi connectivity index (χ4v) is 17.4. The Morgan fingerprint density at radius 1 is 0.469 bits per heavy atom. The van der Waals surface area contributed by atoms with Crippen LogP contribution in [0.15, 0.2) is 59.7 Å². The van der Waals surface area contributed by atoms with Crippen LogP contribution >= 0.6 is 0 Å². The van der Waals surface area contributed by atoms with Crippen LogP contribution in [0, 0.1) is 45.3 Å². The first-order valence-electron chi connectivity index (χ1n) is 9.07. The molecule has 0 unspecified atom stereocenters. The summed E-state index contributed by atoms with van der Waals surface area (Å²) in [5.41, 5.74) is 0.363. The van der Waals surface area contributed by atoms with Gasteiger partial charge in [0.1, 0.15) is 0 Å². The topological polar surface area (TPSA) is 95.2 Å². The second-order valence-electron chi connectivity index (χ2n) is 6.30. The van der Waals surface area contributed by atoms with Crippen molar-refractivity contribution in [3.63, 3.8) is 0 Å². The second kappa shape index (κ2) is 11.1. The third kappa shape index (κ3) is 5.53. The Labute approximate surface area is 224 Å². The number of nitriles is 4. The van der Waals surface area contributed by atoms with Crippen LogP contribution in [0.25, 0.3) is 33.6 Å². The number of allylic oxidation sites excluding steroid dienone is 2. The van der Waals surface area contributed by atoms with Crippen LogP contribution in [0.1, 0.15) is 7.16 Å². The van der Waals surface area contributed by atoms with Gasteiger partial charge in [-0.2, -0.15) is 0 Å². The number of hydrogen-bond donors (Lipinski definition) is 0. The Morgan fingerprint density at radius 2 is 0.750 bits per heavy atom. The minimum atomic E-state index is -0.526. The van der Waals surface area contributed by atoms with Crippen LogP contribution in [-0.4, -0.2) is 81.7 Å². The maximum absolute atomic E-state index is 8.97. The first-order chi connectivity index (χ1) is 15.6. The summed E-state index contributed by atoms with van der Waals surface area (Å²) in [5, 5.41) is 35.9. The van der Waals surface area contributed by atoms with Gasteiger partial charge in [-0.1, -0.05) is 0 Å². The minimum absolute atomic E-state index is 0.182. The Hall–Kier alpha value is -1.48. The molecule has 4 aromatic rings. The average molecular weight is 865 g/mol. The second-order valence-corrected chi connectivity index (χ2v) is 18.8. The van der Waals surface area contributed by atoms with E-state index in [9.17, 15) is 0 Å². The van der Waals surface area contributed by atoms with Crippen LogP contribution in [0.4, 0.5) is 0 Å². The monoisotopic (exact) mass is 874 g/mol. The Kier molecular flexibility index (Phi) is 8.21. The van der Waals surface area contributed by atoms with Crippen LogP contribution < -0.4 is 0 Å². The quantitative estimate of drug-likeness (QED) is 0.226. The summed E-state index contributed by atoms with van der Waals surface area (Å²) in [6.07, 6.45) is 3.48. The van der Waals surface area contributed by atoms with Crippen molar-refractivity contribution in [1.29, 1.82) is 21.0 Å². The molecule has 0 aliphatic rings. The molecule has 0 radical (unpaired) electrons. The van der Waals surface area contributed by atoms with Gasteiger partial charge in [0.15, 0.2) is 0 Å². The number of hydrogen-bond acceptors (Lipinski definition) is 4. The molecule has 0 saturated heterocycles. The van der Waals surface area contributed by atoms with Gasteiger partial charge in [-0.15, -0.1) is 0 Å². The standard InChI is InChI=1S/C24H10N4Te4/c25-11-15(12-26)9-17-1-3-19(29-17)21-5-7-23(31-21)24-8-6-22(32-24)20-4-2-18(30-20)10-16(13-27)14-28/h1-10H. The summed E-state index contributed by atoms with van der Waals surface area (Å²) >= 11 is -1.85. The molecule has 0 spiro atoms. The first-order valence-corrected chi connectivity index (χ1v) is 18.4. The molecule has 0 amide bonds. The van der Waals surface area contributed by atoms with E-state index in [-0.39, 0.29) is 11.1 Å². The van der Waals surface area contributed by atoms with Crippen LogP contribution in [0.2, 0.25) is 0 Å². The molecule has 4 aromatic heterocycles. The van der Waals surface area contributed by atoms with Crippen molar-refractivity contribution < 1.29 is 0 Å². The molecule has 0 N–H and O–H groups in total. The van der Waals surface area contributed by atoms with Gasteiger partial charge in [0.2, 0.25) is 0 Å². The van der Waals surface area contributed by atoms with E-state index in [0.29, 0.717) is 0 Å². The van der Waals surface area contributed by atoms with Gasteiger partial charge in [-0.05, 0) is 0 Å². The van der Waals surface area contributed by atoms with Crippen molar-refractivity contribution in [1.82, 2.24) is 0 Å². The average Bonchev–Trinajstić information content (AvgIpc) is 3.61. The predicted molar refractivity (Wildman–Crippen MR) is 129 cm³/mol. The van der Waals surface area contributed by atoms with Gasteiger partial charge in [0.25, 0.3) is 0 Å². The Bertz CT molecular complexity index is 1380. The molecular formula is C24H10N4Te4. The van der Waals surface area contributed by atoms with Gasteiger partial charge in [-0.3, -0.25) is 0 Å². The summed E-state index contributed by atoms with van der Waals surface area (Å²) in [4.78, 5) is 0. The van der Waals surface area contributed by atoms with E-state index in [1.807, 2.05) is 24.3 Å². The molecule has 4 heterocycles. The fourth-order valence-electron chi connectivity index (χ4n) is 2.79. The number of rotatable bonds is 5. The third-order valence-corrected chi connectivity index (χ3v) is 20.7. The van der Waals surface area contributed by atoms with Crippen molar-refractivity contribution >= 4 is 93.9 Å². The van der Waals surface area contributed by atoms with Crippen molar-refractivity contribution in [2.45, 2.75) is 0 Å². The SMILES string of the molecule is N#CC(C#N)=Cc1ccc(-c2ccc(-c3ccc(-c4ccc(C=C(C#N)C#N)[te]4)[te]3)[te]2)[te]1. The van der Waals surface area contributed by atoms with Gasteiger partial charge in [-0.25, -0.2) is 0 Å². The summed E-state index contributed by atoms with van der Waals surface area (Å²) in [5.74, 6) is 0. The van der Waals surface area contributed by atoms with E-state index in [4.69, 9.17) is 21.0 Å². The molecule has 0 saturated carbocycles. The molecule has 0 bridgehead atoms. The van der Waals surface area contributed by atoms with Gasteiger partial charge >= 0.3 is 228 Å². The molecule has 4 rings (SSSR count). The van der Waals surface area contributed by atoms with E-state index < -0.39 is 81.7 Å². The zero-order valence-electron chi connectivity index (χ0n) is 16.2. The molecular weight excluding hydrogens is 855 g/mol. The summed E-state index contributed by atoms with van der Waals surface area (Å²) < 4.78 is 11.2. The normalized spacial score (nSPS) is 9.75. The van der Waals surface area contributed by atoms with E-state index in [0.717, 1.165) is 7.16 Å². The molecule has 0 atom stereocenters. The predicted octanol–water partition coefficient (Wildman–Crippen LogP) is 3.78. The van der Waals surface area contributed by atoms with Crippen molar-refractivity contribution in [3.05, 3.63) is 66.8 Å². The van der Waals surface area contributed by atoms with E-state index in [1.54, 1.807) is 12.2 Å². The van der Waals surface area contributed by atoms with E-state index in [1.165, 1.54) is 21.5 Å². The molecule has 4 nitrogen and oxygen atoms in total. The zero-order valence-corrected chi connectivity index (χ0v) is 25.5. The van der Waals surface area contributed by atoms with Crippen LogP contribution in [-0.2, 0) is 0 Å². The molecule has 32 heavy (non-hydrogen) atoms. The van der Waals surface area contributed by atoms with Crippen molar-refractivity contribution in [2.75, 3.05) is 0 Å². The van der Waals surface area contributed by atoms with Crippen LogP contribution in [0.5, 0.6) is 0 Å². The van der Waals surface area contributed by atoms with Gasteiger partial charge in [0, 0.05) is 0 Å². The van der Waals surface area contributed by atoms with E-state index >= 15 is 0 Å². The molecule has 0 aliphatic carbocycles. The summed E-state index contributed by atoms with van der Waals surface area (Å²) in [7, 11) is 0. The Morgan fingerprint density at radius 3 is 1.06 bits per heavy atom. The van der Waals surface area contributed by atoms with Crippen LogP contribution in [0.3, 0.4) is 0 Å². The summed E-state index contributed by atoms with van der Waals surface area (Å²) in [6.45, 7) is 0. The molecule has 0 aliphatic heterocycles. The molecule has 8 heteroatoms. The number of nitrogens with zero attached hydrogens (tertiary/aromatic N) is 4. The molecule has 0 aromatic carbocycles. The van der Waals surface area contributed by atoms with Crippen molar-refractivity contribution in [2.24, 2.45) is 0 Å². The van der Waals surface area contributed by atoms with Gasteiger partial charge in [0.05, 0.1) is 0 Å². The maximum atomic E-state index is 8.97. The summed E-state index contributed by atoms with van der Waals surface area (Å²) in [6, 6.07) is 25.5. The third-order valence-electron chi connectivity index (χ3n) is 4.25. The molecule has 0 fully saturated rings. The molecule has 150 valence electrons. The fraction of sp³-hybridized carbons (Fsp3) is 0. The zero-order chi connectivity index (χ0) is 22.5. The Balaban J connectivity index is 1.55. The van der Waals surface area contributed by atoms with Gasteiger partial charge < -0.3 is 0 Å². The first kappa shape index (κ1) is 23.7. The van der Waals surface area contributed by atoms with Crippen molar-refractivity contribution in [3.8, 4) is 45.8 Å².